The van der Waals surface area contributed by atoms with E-state index in [0.29, 0.717) is 12.1 Å². The molecule has 0 atom stereocenters. The number of unbranched alkanes of at least 4 members (excludes halogenated alkanes) is 3. The number of anilines is 1. The number of nitrogens with one attached hydrogen (secondary N) is 1. The second kappa shape index (κ2) is 7.56. The molecule has 0 radical (unpaired) electrons. The predicted octanol–water partition coefficient (Wildman–Crippen LogP) is 2.86. The summed E-state index contributed by atoms with van der Waals surface area (Å²) in [7, 11) is -3.78. The lowest BCUT2D eigenvalue weighted by Crippen LogP contribution is -2.16. The Kier molecular flexibility index (Phi) is 6.36. The van der Waals surface area contributed by atoms with Gasteiger partial charge in [0.2, 0.25) is 15.9 Å². The minimum absolute atomic E-state index is 0.0203. The highest BCUT2D eigenvalue weighted by Gasteiger charge is 2.14. The molecule has 0 saturated carbocycles. The molecule has 0 fully saturated rings. The Morgan fingerprint density at radius 3 is 2.43 bits per heavy atom. The van der Waals surface area contributed by atoms with E-state index in [4.69, 9.17) is 5.14 Å². The lowest BCUT2D eigenvalue weighted by Gasteiger charge is -2.12. The molecule has 0 saturated heterocycles. The number of benzene rings is 1. The van der Waals surface area contributed by atoms with E-state index in [1.54, 1.807) is 6.92 Å². The molecule has 0 aliphatic carbocycles. The van der Waals surface area contributed by atoms with Gasteiger partial charge in [0.15, 0.2) is 0 Å². The van der Waals surface area contributed by atoms with Gasteiger partial charge in [0.25, 0.3) is 0 Å². The minimum Gasteiger partial charge on any atom is -0.326 e. The SMILES string of the molecule is CCCCCCC(=O)Nc1cc(S(N)(=O)=O)cc(C)c1C. The first-order chi connectivity index (χ1) is 9.75. The summed E-state index contributed by atoms with van der Waals surface area (Å²) in [6.45, 7) is 5.75. The molecule has 0 aromatic heterocycles. The van der Waals surface area contributed by atoms with Crippen LogP contribution in [0.25, 0.3) is 0 Å². The Balaban J connectivity index is 2.83. The van der Waals surface area contributed by atoms with Gasteiger partial charge in [-0.2, -0.15) is 0 Å². The Morgan fingerprint density at radius 1 is 1.19 bits per heavy atom. The first-order valence-electron chi connectivity index (χ1n) is 7.19. The zero-order valence-corrected chi connectivity index (χ0v) is 13.7. The van der Waals surface area contributed by atoms with Crippen molar-refractivity contribution in [3.63, 3.8) is 0 Å². The lowest BCUT2D eigenvalue weighted by atomic mass is 10.1. The van der Waals surface area contributed by atoms with Crippen LogP contribution < -0.4 is 10.5 Å². The Bertz CT molecular complexity index is 610. The summed E-state index contributed by atoms with van der Waals surface area (Å²) in [6, 6.07) is 2.93. The van der Waals surface area contributed by atoms with Crippen LogP contribution in [0.2, 0.25) is 0 Å². The van der Waals surface area contributed by atoms with Gasteiger partial charge in [0.05, 0.1) is 4.90 Å². The maximum Gasteiger partial charge on any atom is 0.238 e. The topological polar surface area (TPSA) is 89.3 Å². The number of amides is 1. The second-order valence-electron chi connectivity index (χ2n) is 5.32. The van der Waals surface area contributed by atoms with Gasteiger partial charge in [-0.15, -0.1) is 0 Å². The van der Waals surface area contributed by atoms with E-state index in [-0.39, 0.29) is 10.8 Å². The fourth-order valence-electron chi connectivity index (χ4n) is 2.05. The highest BCUT2D eigenvalue weighted by molar-refractivity contribution is 7.89. The summed E-state index contributed by atoms with van der Waals surface area (Å²) in [5.74, 6) is -0.0971. The van der Waals surface area contributed by atoms with Crippen LogP contribution in [0.5, 0.6) is 0 Å². The number of aryl methyl sites for hydroxylation is 1. The van der Waals surface area contributed by atoms with Crippen molar-refractivity contribution in [1.82, 2.24) is 0 Å². The van der Waals surface area contributed by atoms with Crippen LogP contribution in [0, 0.1) is 13.8 Å². The molecule has 1 aromatic carbocycles. The molecule has 5 nitrogen and oxygen atoms in total. The smallest absolute Gasteiger partial charge is 0.238 e. The van der Waals surface area contributed by atoms with Gasteiger partial charge in [-0.25, -0.2) is 13.6 Å². The molecule has 3 N–H and O–H groups in total. The molecular weight excluding hydrogens is 288 g/mol. The van der Waals surface area contributed by atoms with Gasteiger partial charge >= 0.3 is 0 Å². The van der Waals surface area contributed by atoms with Crippen molar-refractivity contribution in [2.75, 3.05) is 5.32 Å². The van der Waals surface area contributed by atoms with Crippen molar-refractivity contribution in [1.29, 1.82) is 0 Å². The van der Waals surface area contributed by atoms with Crippen molar-refractivity contribution in [2.24, 2.45) is 5.14 Å². The van der Waals surface area contributed by atoms with Crippen molar-refractivity contribution < 1.29 is 13.2 Å². The van der Waals surface area contributed by atoms with Crippen molar-refractivity contribution >= 4 is 21.6 Å². The minimum atomic E-state index is -3.78. The number of sulfonamides is 1. The number of hydrogen-bond donors (Lipinski definition) is 2. The third-order valence-electron chi connectivity index (χ3n) is 3.50. The lowest BCUT2D eigenvalue weighted by molar-refractivity contribution is -0.116. The molecule has 118 valence electrons. The predicted molar refractivity (Wildman–Crippen MR) is 84.7 cm³/mol. The summed E-state index contributed by atoms with van der Waals surface area (Å²) >= 11 is 0. The molecule has 1 rings (SSSR count). The first kappa shape index (κ1) is 17.7. The maximum absolute atomic E-state index is 11.9. The zero-order chi connectivity index (χ0) is 16.0. The van der Waals surface area contributed by atoms with E-state index < -0.39 is 10.0 Å². The molecule has 1 aromatic rings. The molecule has 21 heavy (non-hydrogen) atoms. The van der Waals surface area contributed by atoms with Gasteiger partial charge in [-0.05, 0) is 43.5 Å². The molecular formula is C15H24N2O3S. The standard InChI is InChI=1S/C15H24N2O3S/c1-4-5-6-7-8-15(18)17-14-10-13(21(16,19)20)9-11(2)12(14)3/h9-10H,4-8H2,1-3H3,(H,17,18)(H2,16,19,20). The molecule has 0 spiro atoms. The maximum atomic E-state index is 11.9. The van der Waals surface area contributed by atoms with E-state index in [9.17, 15) is 13.2 Å². The third kappa shape index (κ3) is 5.47. The summed E-state index contributed by atoms with van der Waals surface area (Å²) < 4.78 is 22.9. The average Bonchev–Trinajstić information content (AvgIpc) is 2.38. The number of rotatable bonds is 7. The second-order valence-corrected chi connectivity index (χ2v) is 6.88. The largest absolute Gasteiger partial charge is 0.326 e. The van der Waals surface area contributed by atoms with Crippen LogP contribution in [0.4, 0.5) is 5.69 Å². The number of primary sulfonamides is 1. The third-order valence-corrected chi connectivity index (χ3v) is 4.39. The van der Waals surface area contributed by atoms with Crippen LogP contribution in [-0.2, 0) is 14.8 Å². The molecule has 1 amide bonds. The van der Waals surface area contributed by atoms with E-state index >= 15 is 0 Å². The number of carbonyl (C=O) groups is 1. The Morgan fingerprint density at radius 2 is 1.86 bits per heavy atom. The zero-order valence-electron chi connectivity index (χ0n) is 12.9. The summed E-state index contributed by atoms with van der Waals surface area (Å²) in [4.78, 5) is 11.9. The molecule has 0 aliphatic rings. The summed E-state index contributed by atoms with van der Waals surface area (Å²) in [6.07, 6.45) is 4.55. The van der Waals surface area contributed by atoms with Gasteiger partial charge in [-0.3, -0.25) is 4.79 Å². The van der Waals surface area contributed by atoms with Gasteiger partial charge in [-0.1, -0.05) is 26.2 Å². The Labute approximate surface area is 127 Å². The van der Waals surface area contributed by atoms with Crippen LogP contribution in [0.1, 0.15) is 50.2 Å². The molecule has 0 heterocycles. The number of hydrogen-bond acceptors (Lipinski definition) is 3. The van der Waals surface area contributed by atoms with Crippen LogP contribution in [0.3, 0.4) is 0 Å². The van der Waals surface area contributed by atoms with Crippen LogP contribution in [-0.4, -0.2) is 14.3 Å². The van der Waals surface area contributed by atoms with Gasteiger partial charge in [0, 0.05) is 12.1 Å². The molecule has 0 unspecified atom stereocenters. The van der Waals surface area contributed by atoms with Gasteiger partial charge < -0.3 is 5.32 Å². The highest BCUT2D eigenvalue weighted by Crippen LogP contribution is 2.23. The van der Waals surface area contributed by atoms with Crippen molar-refractivity contribution in [2.45, 2.75) is 57.8 Å². The van der Waals surface area contributed by atoms with Crippen molar-refractivity contribution in [3.05, 3.63) is 23.3 Å². The molecule has 0 aliphatic heterocycles. The summed E-state index contributed by atoms with van der Waals surface area (Å²) in [5.41, 5.74) is 2.15. The fourth-order valence-corrected chi connectivity index (χ4v) is 2.67. The first-order valence-corrected chi connectivity index (χ1v) is 8.74. The average molecular weight is 312 g/mol. The van der Waals surface area contributed by atoms with Gasteiger partial charge in [0.1, 0.15) is 0 Å². The normalized spacial score (nSPS) is 11.4. The molecule has 6 heteroatoms. The van der Waals surface area contributed by atoms with E-state index in [1.165, 1.54) is 12.1 Å². The monoisotopic (exact) mass is 312 g/mol. The van der Waals surface area contributed by atoms with E-state index in [0.717, 1.165) is 36.8 Å². The Hall–Kier alpha value is -1.40. The number of carbonyl (C=O) groups excluding carboxylic acids is 1. The fraction of sp³-hybridized carbons (Fsp3) is 0.533. The molecule has 0 bridgehead atoms. The van der Waals surface area contributed by atoms with Crippen molar-refractivity contribution in [3.8, 4) is 0 Å². The van der Waals surface area contributed by atoms with E-state index in [2.05, 4.69) is 12.2 Å². The highest BCUT2D eigenvalue weighted by atomic mass is 32.2. The number of nitrogens with two attached hydrogens (primary N) is 1. The van der Waals surface area contributed by atoms with Crippen LogP contribution in [0.15, 0.2) is 17.0 Å². The quantitative estimate of drug-likeness (QED) is 0.759. The van der Waals surface area contributed by atoms with Crippen LogP contribution >= 0.6 is 0 Å². The van der Waals surface area contributed by atoms with E-state index in [1.807, 2.05) is 6.92 Å². The summed E-state index contributed by atoms with van der Waals surface area (Å²) in [5, 5.41) is 7.93.